The van der Waals surface area contributed by atoms with E-state index in [0.29, 0.717) is 44.9 Å². The second-order valence-electron chi connectivity index (χ2n) is 11.2. The summed E-state index contributed by atoms with van der Waals surface area (Å²) >= 11 is 12.7. The minimum absolute atomic E-state index is 0.286. The fourth-order valence-electron chi connectivity index (χ4n) is 5.77. The summed E-state index contributed by atoms with van der Waals surface area (Å²) in [5.41, 5.74) is 7.35. The molecule has 12 heteroatoms. The van der Waals surface area contributed by atoms with Crippen LogP contribution >= 0.6 is 23.2 Å². The van der Waals surface area contributed by atoms with Crippen molar-refractivity contribution < 1.29 is 13.2 Å². The Morgan fingerprint density at radius 2 is 1.63 bits per heavy atom. The average Bonchev–Trinajstić information content (AvgIpc) is 3.60. The lowest BCUT2D eigenvalue weighted by molar-refractivity contribution is -0.117. The van der Waals surface area contributed by atoms with Gasteiger partial charge in [-0.15, -0.1) is 5.10 Å². The van der Waals surface area contributed by atoms with Crippen LogP contribution < -0.4 is 9.03 Å². The first-order valence-electron chi connectivity index (χ1n) is 14.8. The molecule has 46 heavy (non-hydrogen) atoms. The maximum absolute atomic E-state index is 12.5. The van der Waals surface area contributed by atoms with Crippen LogP contribution in [0.3, 0.4) is 0 Å². The molecule has 2 aromatic heterocycles. The molecule has 5 aromatic rings. The topological polar surface area (TPSA) is 110 Å². The van der Waals surface area contributed by atoms with Crippen LogP contribution in [0.25, 0.3) is 33.8 Å². The Hall–Kier alpha value is -4.51. The summed E-state index contributed by atoms with van der Waals surface area (Å²) in [4.78, 5) is 16.8. The molecule has 2 aliphatic rings. The van der Waals surface area contributed by atoms with Gasteiger partial charge in [0.15, 0.2) is 0 Å². The zero-order chi connectivity index (χ0) is 31.8. The number of nitrogens with zero attached hydrogens (tertiary/aromatic N) is 5. The first kappa shape index (κ1) is 30.2. The van der Waals surface area contributed by atoms with E-state index in [1.807, 2.05) is 64.0 Å². The summed E-state index contributed by atoms with van der Waals surface area (Å²) < 4.78 is 30.1. The van der Waals surface area contributed by atoms with Crippen LogP contribution in [-0.4, -0.2) is 40.6 Å². The minimum atomic E-state index is -3.96. The molecule has 0 bridgehead atoms. The largest absolute Gasteiger partial charge is 0.326 e. The molecule has 1 amide bonds. The van der Waals surface area contributed by atoms with E-state index < -0.39 is 16.1 Å². The molecule has 232 valence electrons. The van der Waals surface area contributed by atoms with Gasteiger partial charge in [0, 0.05) is 34.5 Å². The van der Waals surface area contributed by atoms with Crippen molar-refractivity contribution in [1.82, 2.24) is 24.5 Å². The Labute approximate surface area is 276 Å². The quantitative estimate of drug-likeness (QED) is 0.199. The first-order valence-corrected chi connectivity index (χ1v) is 17.0. The van der Waals surface area contributed by atoms with E-state index in [-0.39, 0.29) is 6.54 Å². The van der Waals surface area contributed by atoms with E-state index in [1.54, 1.807) is 30.3 Å². The Morgan fingerprint density at radius 1 is 0.848 bits per heavy atom. The molecule has 1 aliphatic carbocycles. The van der Waals surface area contributed by atoms with Gasteiger partial charge in [0.1, 0.15) is 12.4 Å². The molecule has 0 saturated carbocycles. The molecule has 1 fully saturated rings. The van der Waals surface area contributed by atoms with E-state index in [4.69, 9.17) is 28.2 Å². The lowest BCUT2D eigenvalue weighted by atomic mass is 9.97. The molecule has 0 unspecified atom stereocenters. The Balaban J connectivity index is 1.21. The predicted molar refractivity (Wildman–Crippen MR) is 180 cm³/mol. The maximum atomic E-state index is 12.5. The van der Waals surface area contributed by atoms with Crippen LogP contribution in [0.5, 0.6) is 0 Å². The highest BCUT2D eigenvalue weighted by molar-refractivity contribution is 7.92. The van der Waals surface area contributed by atoms with Crippen molar-refractivity contribution in [3.8, 4) is 28.2 Å². The summed E-state index contributed by atoms with van der Waals surface area (Å²) in [6.45, 7) is -0.286. The van der Waals surface area contributed by atoms with E-state index >= 15 is 0 Å². The van der Waals surface area contributed by atoms with E-state index in [9.17, 15) is 13.2 Å². The molecular formula is C34H28Cl2N6O3S. The molecular weight excluding hydrogens is 643 g/mol. The molecule has 1 saturated heterocycles. The summed E-state index contributed by atoms with van der Waals surface area (Å²) in [5.74, 6) is 0.120. The number of halogens is 2. The molecule has 3 aromatic carbocycles. The van der Waals surface area contributed by atoms with Gasteiger partial charge in [-0.3, -0.25) is 4.79 Å². The van der Waals surface area contributed by atoms with Crippen molar-refractivity contribution in [3.63, 3.8) is 0 Å². The highest BCUT2D eigenvalue weighted by Crippen LogP contribution is 2.33. The van der Waals surface area contributed by atoms with Gasteiger partial charge in [-0.1, -0.05) is 59.6 Å². The van der Waals surface area contributed by atoms with Gasteiger partial charge in [-0.2, -0.15) is 13.5 Å². The summed E-state index contributed by atoms with van der Waals surface area (Å²) in [7, 11) is -3.96. The number of rotatable bonds is 7. The number of carbonyl (C=O) groups excluding carboxylic acids is 1. The first-order chi connectivity index (χ1) is 22.2. The molecule has 0 atom stereocenters. The van der Waals surface area contributed by atoms with Gasteiger partial charge in [-0.05, 0) is 85.4 Å². The molecule has 0 radical (unpaired) electrons. The number of amides is 1. The molecule has 1 aliphatic heterocycles. The monoisotopic (exact) mass is 670 g/mol. The smallest absolute Gasteiger partial charge is 0.303 e. The van der Waals surface area contributed by atoms with Crippen LogP contribution in [0.15, 0.2) is 91.1 Å². The Kier molecular flexibility index (Phi) is 8.10. The van der Waals surface area contributed by atoms with Gasteiger partial charge < -0.3 is 4.57 Å². The summed E-state index contributed by atoms with van der Waals surface area (Å²) in [6.07, 6.45) is 9.15. The number of allylic oxidation sites excluding steroid dienone is 2. The predicted octanol–water partition coefficient (Wildman–Crippen LogP) is 7.03. The molecule has 3 heterocycles. The summed E-state index contributed by atoms with van der Waals surface area (Å²) in [5, 5.41) is 9.96. The van der Waals surface area contributed by atoms with Crippen molar-refractivity contribution in [3.05, 3.63) is 118 Å². The number of carbonyl (C=O) groups is 1. The normalized spacial score (nSPS) is 15.9. The van der Waals surface area contributed by atoms with E-state index in [2.05, 4.69) is 16.3 Å². The fraction of sp³-hybridized carbons (Fsp3) is 0.176. The van der Waals surface area contributed by atoms with Crippen molar-refractivity contribution in [1.29, 1.82) is 0 Å². The highest BCUT2D eigenvalue weighted by atomic mass is 35.5. The Morgan fingerprint density at radius 3 is 2.33 bits per heavy atom. The van der Waals surface area contributed by atoms with Gasteiger partial charge in [0.05, 0.1) is 27.8 Å². The second-order valence-corrected chi connectivity index (χ2v) is 13.7. The third-order valence-electron chi connectivity index (χ3n) is 8.10. The van der Waals surface area contributed by atoms with Crippen molar-refractivity contribution in [2.45, 2.75) is 32.1 Å². The molecule has 1 N–H and O–H groups in total. The lowest BCUT2D eigenvalue weighted by Crippen LogP contribution is -2.29. The maximum Gasteiger partial charge on any atom is 0.326 e. The number of benzene rings is 3. The van der Waals surface area contributed by atoms with Crippen LogP contribution in [0.2, 0.25) is 10.0 Å². The van der Waals surface area contributed by atoms with Gasteiger partial charge >= 0.3 is 10.2 Å². The van der Waals surface area contributed by atoms with Gasteiger partial charge in [0.2, 0.25) is 0 Å². The number of nitrogens with one attached hydrogen (secondary N) is 1. The zero-order valence-electron chi connectivity index (χ0n) is 24.5. The van der Waals surface area contributed by atoms with Gasteiger partial charge in [-0.25, -0.2) is 14.0 Å². The van der Waals surface area contributed by atoms with Crippen LogP contribution in [0.1, 0.15) is 42.8 Å². The molecule has 0 spiro atoms. The van der Waals surface area contributed by atoms with Crippen LogP contribution in [0, 0.1) is 0 Å². The van der Waals surface area contributed by atoms with Crippen LogP contribution in [-0.2, 0) is 21.4 Å². The lowest BCUT2D eigenvalue weighted by Gasteiger charge is -2.16. The number of hydrogen-bond acceptors (Lipinski definition) is 6. The van der Waals surface area contributed by atoms with E-state index in [0.717, 1.165) is 39.7 Å². The average molecular weight is 672 g/mol. The standard InChI is InChI=1S/C34H28Cl2N6O3S/c35-25-13-14-28(29(36)18-25)32-20-41(26-7-4-8-27(19-26)42-21-34(43)40-46(42,44)45)33(37-32)17-22-9-11-24(12-10-22)31-16-15-30(38-39-31)23-5-2-1-3-6-23/h4-5,7-16,18-20H,1-3,6,17,21H2,(H,40,43). The van der Waals surface area contributed by atoms with E-state index in [1.165, 1.54) is 18.4 Å². The van der Waals surface area contributed by atoms with Crippen molar-refractivity contribution in [2.75, 3.05) is 10.8 Å². The SMILES string of the molecule is O=C1CN(c2cccc(-n3cc(-c4ccc(Cl)cc4Cl)nc3Cc3ccc(-c4ccc(C5=CCCCC5)nn4)cc3)c2)S(=O)(=O)N1. The second kappa shape index (κ2) is 12.4. The fourth-order valence-corrected chi connectivity index (χ4v) is 7.42. The number of aromatic nitrogens is 4. The number of anilines is 1. The molecule has 9 nitrogen and oxygen atoms in total. The number of hydrogen-bond donors (Lipinski definition) is 1. The number of imidazole rings is 1. The van der Waals surface area contributed by atoms with Crippen LogP contribution in [0.4, 0.5) is 5.69 Å². The zero-order valence-corrected chi connectivity index (χ0v) is 26.9. The van der Waals surface area contributed by atoms with Gasteiger partial charge in [0.25, 0.3) is 5.91 Å². The minimum Gasteiger partial charge on any atom is -0.303 e. The van der Waals surface area contributed by atoms with Crippen molar-refractivity contribution in [2.24, 2.45) is 0 Å². The van der Waals surface area contributed by atoms with Crippen molar-refractivity contribution >= 4 is 50.6 Å². The third kappa shape index (κ3) is 6.16. The highest BCUT2D eigenvalue weighted by Gasteiger charge is 2.34. The third-order valence-corrected chi connectivity index (χ3v) is 10.1. The summed E-state index contributed by atoms with van der Waals surface area (Å²) in [6, 6.07) is 24.4. The molecule has 7 rings (SSSR count). The Bertz CT molecular complexity index is 2090.